The average Bonchev–Trinajstić information content (AvgIpc) is 2.43. The van der Waals surface area contributed by atoms with Gasteiger partial charge in [-0.1, -0.05) is 0 Å². The lowest BCUT2D eigenvalue weighted by Crippen LogP contribution is -2.09. The van der Waals surface area contributed by atoms with Gasteiger partial charge in [0.25, 0.3) is 6.08 Å². The van der Waals surface area contributed by atoms with Crippen molar-refractivity contribution in [3.63, 3.8) is 0 Å². The molecule has 0 bridgehead atoms. The van der Waals surface area contributed by atoms with E-state index in [-0.39, 0.29) is 24.8 Å². The first kappa shape index (κ1) is 28.8. The molecule has 23 heavy (non-hydrogen) atoms. The lowest BCUT2D eigenvalue weighted by molar-refractivity contribution is -0.159. The van der Waals surface area contributed by atoms with Gasteiger partial charge in [-0.3, -0.25) is 0 Å². The molecular weight excluding hydrogens is 361 g/mol. The molecule has 134 valence electrons. The number of methoxy groups -OCH3 is 1. The van der Waals surface area contributed by atoms with Gasteiger partial charge in [-0.15, -0.1) is 24.8 Å². The summed E-state index contributed by atoms with van der Waals surface area (Å²) >= 11 is 0. The third-order valence-corrected chi connectivity index (χ3v) is 1.70. The summed E-state index contributed by atoms with van der Waals surface area (Å²) in [5.41, 5.74) is 12.1. The molecule has 0 aromatic heterocycles. The Labute approximate surface area is 143 Å². The van der Waals surface area contributed by atoms with E-state index in [0.29, 0.717) is 11.4 Å². The molecule has 0 spiro atoms. The number of rotatable bonds is 1. The minimum atomic E-state index is -1.82. The van der Waals surface area contributed by atoms with Gasteiger partial charge in [-0.2, -0.15) is 8.78 Å². The molecule has 6 N–H and O–H groups in total. The predicted molar refractivity (Wildman–Crippen MR) is 87.6 cm³/mol. The van der Waals surface area contributed by atoms with E-state index in [1.807, 2.05) is 0 Å². The Balaban J connectivity index is -0.000000122. The van der Waals surface area contributed by atoms with E-state index in [2.05, 4.69) is 0 Å². The van der Waals surface area contributed by atoms with Crippen LogP contribution in [0.2, 0.25) is 0 Å². The van der Waals surface area contributed by atoms with Crippen LogP contribution >= 0.6 is 24.8 Å². The van der Waals surface area contributed by atoms with Gasteiger partial charge in [-0.05, 0) is 25.1 Å². The van der Waals surface area contributed by atoms with Gasteiger partial charge in [0.05, 0.1) is 18.5 Å². The molecule has 0 saturated carbocycles. The maximum atomic E-state index is 10.6. The van der Waals surface area contributed by atoms with E-state index in [4.69, 9.17) is 36.0 Å². The second-order valence-electron chi connectivity index (χ2n) is 3.18. The predicted octanol–water partition coefficient (Wildman–Crippen LogP) is 2.65. The van der Waals surface area contributed by atoms with Crippen LogP contribution in [0.25, 0.3) is 0 Å². The van der Waals surface area contributed by atoms with Crippen molar-refractivity contribution in [3.8, 4) is 5.75 Å². The number of ether oxygens (including phenoxy) is 1. The highest BCUT2D eigenvalue weighted by atomic mass is 35.5. The fourth-order valence-corrected chi connectivity index (χ4v) is 0.680. The summed E-state index contributed by atoms with van der Waals surface area (Å²) in [4.78, 5) is 18.2. The average molecular weight is 379 g/mol. The van der Waals surface area contributed by atoms with E-state index >= 15 is 0 Å². The number of hydrogen-bond acceptors (Lipinski definition) is 5. The second kappa shape index (κ2) is 16.1. The molecule has 11 heteroatoms. The minimum Gasteiger partial charge on any atom is -0.497 e. The number of nitrogen functional groups attached to an aromatic ring is 2. The Morgan fingerprint density at radius 1 is 1.09 bits per heavy atom. The number of allylic oxidation sites excluding steroid dienone is 1. The molecule has 1 aromatic carbocycles. The monoisotopic (exact) mass is 378 g/mol. The van der Waals surface area contributed by atoms with Crippen molar-refractivity contribution in [2.75, 3.05) is 18.6 Å². The second-order valence-corrected chi connectivity index (χ2v) is 3.18. The minimum absolute atomic E-state index is 0. The first-order valence-electron chi connectivity index (χ1n) is 5.28. The van der Waals surface area contributed by atoms with Gasteiger partial charge in [0.1, 0.15) is 5.75 Å². The van der Waals surface area contributed by atoms with Gasteiger partial charge < -0.3 is 26.4 Å². The van der Waals surface area contributed by atoms with Crippen molar-refractivity contribution in [3.05, 3.63) is 30.4 Å². The molecule has 0 aliphatic rings. The first-order valence-corrected chi connectivity index (χ1v) is 5.28. The molecule has 0 fully saturated rings. The van der Waals surface area contributed by atoms with E-state index < -0.39 is 18.0 Å². The van der Waals surface area contributed by atoms with Crippen molar-refractivity contribution < 1.29 is 33.3 Å². The summed E-state index contributed by atoms with van der Waals surface area (Å²) < 4.78 is 26.2. The number of nitrogens with two attached hydrogens (primary N) is 2. The Hall–Kier alpha value is -2.26. The Morgan fingerprint density at radius 2 is 1.48 bits per heavy atom. The molecule has 1 aromatic rings. The van der Waals surface area contributed by atoms with Crippen LogP contribution in [-0.2, 0) is 9.59 Å². The van der Waals surface area contributed by atoms with Gasteiger partial charge in [0, 0.05) is 6.07 Å². The molecule has 0 radical (unpaired) electrons. The van der Waals surface area contributed by atoms with Crippen LogP contribution in [0.3, 0.4) is 0 Å². The fourth-order valence-electron chi connectivity index (χ4n) is 0.680. The third-order valence-electron chi connectivity index (χ3n) is 1.70. The molecule has 0 amide bonds. The molecule has 0 unspecified atom stereocenters. The van der Waals surface area contributed by atoms with E-state index in [1.165, 1.54) is 6.92 Å². The van der Waals surface area contributed by atoms with E-state index in [1.54, 1.807) is 25.3 Å². The molecule has 0 aliphatic carbocycles. The van der Waals surface area contributed by atoms with Crippen LogP contribution in [0.5, 0.6) is 5.75 Å². The van der Waals surface area contributed by atoms with Crippen molar-refractivity contribution in [2.24, 2.45) is 0 Å². The number of halogens is 4. The molecule has 0 heterocycles. The number of benzene rings is 1. The number of carboxylic acids is 2. The Morgan fingerprint density at radius 3 is 1.70 bits per heavy atom. The van der Waals surface area contributed by atoms with Gasteiger partial charge >= 0.3 is 11.9 Å². The first-order chi connectivity index (χ1) is 9.65. The smallest absolute Gasteiger partial charge is 0.414 e. The molecular formula is C12H18Cl2F2N2O5. The van der Waals surface area contributed by atoms with Crippen LogP contribution in [0, 0.1) is 0 Å². The van der Waals surface area contributed by atoms with Crippen molar-refractivity contribution >= 4 is 48.1 Å². The van der Waals surface area contributed by atoms with Gasteiger partial charge in [0.2, 0.25) is 0 Å². The highest BCUT2D eigenvalue weighted by molar-refractivity contribution is 6.27. The van der Waals surface area contributed by atoms with E-state index in [9.17, 15) is 8.78 Å². The fraction of sp³-hybridized carbons (Fsp3) is 0.167. The topological polar surface area (TPSA) is 136 Å². The molecule has 0 atom stereocenters. The molecule has 0 saturated heterocycles. The SMILES string of the molecule is CC=C(F)F.COc1ccc(N)c(N)c1.Cl.Cl.O=C(O)C(=O)O. The molecule has 0 aliphatic heterocycles. The zero-order chi connectivity index (χ0) is 17.0. The summed E-state index contributed by atoms with van der Waals surface area (Å²) in [6.07, 6.45) is -0.870. The highest BCUT2D eigenvalue weighted by Crippen LogP contribution is 2.20. The Bertz CT molecular complexity index is 500. The standard InChI is InChI=1S/C7H10N2O.C3H4F2.C2H2O4.2ClH/c1-10-5-2-3-6(8)7(9)4-5;1-2-3(4)5;3-1(4)2(5)6;;/h2-4H,8-9H2,1H3;2H,1H3;(H,3,4)(H,5,6);2*1H. The van der Waals surface area contributed by atoms with Crippen LogP contribution in [0.1, 0.15) is 6.92 Å². The lowest BCUT2D eigenvalue weighted by Gasteiger charge is -2.02. The number of aliphatic carboxylic acids is 2. The lowest BCUT2D eigenvalue weighted by atomic mass is 10.2. The zero-order valence-corrected chi connectivity index (χ0v) is 13.8. The summed E-state index contributed by atoms with van der Waals surface area (Å²) in [5.74, 6) is -2.92. The summed E-state index contributed by atoms with van der Waals surface area (Å²) in [5, 5.41) is 14.8. The molecule has 1 rings (SSSR count). The van der Waals surface area contributed by atoms with Crippen LogP contribution in [0.15, 0.2) is 30.4 Å². The van der Waals surface area contributed by atoms with Crippen molar-refractivity contribution in [2.45, 2.75) is 6.92 Å². The summed E-state index contributed by atoms with van der Waals surface area (Å²) in [6, 6.07) is 5.18. The van der Waals surface area contributed by atoms with Crippen LogP contribution < -0.4 is 16.2 Å². The van der Waals surface area contributed by atoms with Crippen LogP contribution in [0.4, 0.5) is 20.2 Å². The number of carbonyl (C=O) groups is 2. The quantitative estimate of drug-likeness (QED) is 0.435. The van der Waals surface area contributed by atoms with E-state index in [0.717, 1.165) is 11.8 Å². The maximum Gasteiger partial charge on any atom is 0.414 e. The number of hydrogen-bond donors (Lipinski definition) is 4. The Kier molecular flexibility index (Phi) is 20.2. The normalized spacial score (nSPS) is 7.48. The van der Waals surface area contributed by atoms with Gasteiger partial charge in [0.15, 0.2) is 0 Å². The zero-order valence-electron chi connectivity index (χ0n) is 12.2. The molecule has 7 nitrogen and oxygen atoms in total. The summed E-state index contributed by atoms with van der Waals surface area (Å²) in [6.45, 7) is 1.29. The van der Waals surface area contributed by atoms with Gasteiger partial charge in [-0.25, -0.2) is 9.59 Å². The highest BCUT2D eigenvalue weighted by Gasteiger charge is 2.04. The number of carboxylic acid groups (broad SMARTS) is 2. The largest absolute Gasteiger partial charge is 0.497 e. The van der Waals surface area contributed by atoms with Crippen LogP contribution in [-0.4, -0.2) is 29.3 Å². The maximum absolute atomic E-state index is 10.6. The number of anilines is 2. The summed E-state index contributed by atoms with van der Waals surface area (Å²) in [7, 11) is 1.59. The van der Waals surface area contributed by atoms with Crippen molar-refractivity contribution in [1.29, 1.82) is 0 Å². The third kappa shape index (κ3) is 17.7. The van der Waals surface area contributed by atoms with Crippen molar-refractivity contribution in [1.82, 2.24) is 0 Å².